The predicted octanol–water partition coefficient (Wildman–Crippen LogP) is 15.8. The molecule has 12 rings (SSSR count). The van der Waals surface area contributed by atoms with Crippen LogP contribution in [0.4, 0.5) is 0 Å². The van der Waals surface area contributed by atoms with Crippen LogP contribution in [0.1, 0.15) is 42.4 Å². The summed E-state index contributed by atoms with van der Waals surface area (Å²) in [6.45, 7) is 2.06. The molecular formula is C67H51IrN2O2. The third-order valence-electron chi connectivity index (χ3n) is 14.0. The van der Waals surface area contributed by atoms with E-state index in [1.54, 1.807) is 12.4 Å². The number of nitrogens with zero attached hydrogens (tertiary/aromatic N) is 2. The van der Waals surface area contributed by atoms with Gasteiger partial charge < -0.3 is 10.2 Å². The van der Waals surface area contributed by atoms with Crippen molar-refractivity contribution < 1.29 is 30.3 Å². The Morgan fingerprint density at radius 3 is 1.17 bits per heavy atom. The van der Waals surface area contributed by atoms with Crippen molar-refractivity contribution in [1.82, 2.24) is 0 Å². The van der Waals surface area contributed by atoms with Gasteiger partial charge in [-0.1, -0.05) is 213 Å². The van der Waals surface area contributed by atoms with Crippen LogP contribution in [-0.2, 0) is 20.1 Å². The Morgan fingerprint density at radius 2 is 0.778 bits per heavy atom. The maximum absolute atomic E-state index is 15.0. The van der Waals surface area contributed by atoms with Gasteiger partial charge in [-0.05, 0) is 124 Å². The van der Waals surface area contributed by atoms with Gasteiger partial charge in [0.15, 0.2) is 0 Å². The van der Waals surface area contributed by atoms with Gasteiger partial charge in [0.25, 0.3) is 0 Å². The van der Waals surface area contributed by atoms with E-state index in [4.69, 9.17) is 9.98 Å². The molecule has 1 fully saturated rings. The SMILES string of the molecule is Cc1cc[c-]cc1.[Ir+3].[O-]c1c(C=N[C@@H]2CCCC[C@H]2N=Cc2cc3ccccc3c(-c3c(-c4ccccc4)ccc4ccccc34)c2[O-])cc2ccccc2c1-c1c(-c2ccccc2)ccc2ccccc12. The Hall–Kier alpha value is -7.95. The Bertz CT molecular complexity index is 3530. The smallest absolute Gasteiger partial charge is 0.872 e. The number of hydrogen-bond acceptors (Lipinski definition) is 4. The van der Waals surface area contributed by atoms with Crippen molar-refractivity contribution in [1.29, 1.82) is 0 Å². The minimum absolute atomic E-state index is 0. The molecule has 0 spiro atoms. The summed E-state index contributed by atoms with van der Waals surface area (Å²) in [5.41, 5.74) is 9.79. The molecule has 11 aromatic carbocycles. The van der Waals surface area contributed by atoms with Gasteiger partial charge in [0.1, 0.15) is 0 Å². The van der Waals surface area contributed by atoms with Crippen LogP contribution >= 0.6 is 0 Å². The largest absolute Gasteiger partial charge is 3.00 e. The number of fused-ring (bicyclic) bond motifs is 4. The summed E-state index contributed by atoms with van der Waals surface area (Å²) in [5.74, 6) is -0.0929. The molecule has 0 saturated heterocycles. The Morgan fingerprint density at radius 1 is 0.417 bits per heavy atom. The number of rotatable bonds is 8. The third kappa shape index (κ3) is 9.62. The molecular weight excluding hydrogens is 1060 g/mol. The first-order chi connectivity index (χ1) is 35.0. The van der Waals surface area contributed by atoms with E-state index in [1.807, 2.05) is 121 Å². The maximum atomic E-state index is 15.0. The molecule has 0 unspecified atom stereocenters. The molecule has 5 heteroatoms. The van der Waals surface area contributed by atoms with Crippen molar-refractivity contribution in [3.05, 3.63) is 241 Å². The van der Waals surface area contributed by atoms with Crippen LogP contribution < -0.4 is 10.2 Å². The first kappa shape index (κ1) is 47.7. The van der Waals surface area contributed by atoms with Crippen LogP contribution in [0.3, 0.4) is 0 Å². The van der Waals surface area contributed by atoms with Crippen LogP contribution in [0.15, 0.2) is 228 Å². The number of benzene rings is 11. The molecule has 1 aliphatic carbocycles. The van der Waals surface area contributed by atoms with Crippen LogP contribution in [-0.4, -0.2) is 24.5 Å². The van der Waals surface area contributed by atoms with Gasteiger partial charge in [0.05, 0.1) is 12.1 Å². The van der Waals surface area contributed by atoms with Crippen LogP contribution in [0.2, 0.25) is 0 Å². The van der Waals surface area contributed by atoms with E-state index in [2.05, 4.69) is 110 Å². The van der Waals surface area contributed by atoms with E-state index in [1.165, 1.54) is 5.56 Å². The number of hydrogen-bond donors (Lipinski definition) is 0. The van der Waals surface area contributed by atoms with Crippen molar-refractivity contribution in [2.75, 3.05) is 0 Å². The van der Waals surface area contributed by atoms with Crippen molar-refractivity contribution in [2.24, 2.45) is 9.98 Å². The molecule has 1 saturated carbocycles. The second-order valence-corrected chi connectivity index (χ2v) is 18.5. The van der Waals surface area contributed by atoms with Gasteiger partial charge in [0, 0.05) is 12.4 Å². The maximum Gasteiger partial charge on any atom is 3.00 e. The molecule has 350 valence electrons. The van der Waals surface area contributed by atoms with Crippen molar-refractivity contribution in [3.63, 3.8) is 0 Å². The average molecular weight is 1110 g/mol. The molecule has 0 bridgehead atoms. The molecule has 0 radical (unpaired) electrons. The first-order valence-corrected chi connectivity index (χ1v) is 24.6. The van der Waals surface area contributed by atoms with Gasteiger partial charge in [0.2, 0.25) is 0 Å². The number of aliphatic imine (C=N–C) groups is 2. The second-order valence-electron chi connectivity index (χ2n) is 18.5. The molecule has 1 aliphatic rings. The zero-order valence-corrected chi connectivity index (χ0v) is 42.4. The zero-order chi connectivity index (χ0) is 48.1. The summed E-state index contributed by atoms with van der Waals surface area (Å²) in [6, 6.07) is 76.6. The fourth-order valence-corrected chi connectivity index (χ4v) is 10.4. The molecule has 4 nitrogen and oxygen atoms in total. The molecule has 0 amide bonds. The standard InChI is InChI=1S/C60H46N2O2.C7H7.Ir/c63-59-45(35-43-23-9-13-27-49(43)57(59)55-47-25-11-7-21-41(47)31-33-51(55)39-17-3-1-4-18-39)37-61-53-29-15-16-30-54(53)62-38-46-36-44-24-10-14-28-50(44)58(60(46)64)56-48-26-12-8-22-42(48)32-34-52(56)40-19-5-2-6-20-40;1-7-5-3-2-4-6-7;/h1-14,17-28,31-38,53-54,63-64H,15-16,29-30H2;3-6H,1H3;/q;-1;+3/p-2/t53-,54-;;/m1../s1. The predicted molar refractivity (Wildman–Crippen MR) is 295 cm³/mol. The fraction of sp³-hybridized carbons (Fsp3) is 0.104. The van der Waals surface area contributed by atoms with Crippen LogP contribution in [0, 0.1) is 13.0 Å². The quantitative estimate of drug-likeness (QED) is 0.112. The summed E-state index contributed by atoms with van der Waals surface area (Å²) in [4.78, 5) is 10.4. The summed E-state index contributed by atoms with van der Waals surface area (Å²) in [6.07, 6.45) is 7.32. The summed E-state index contributed by atoms with van der Waals surface area (Å²) >= 11 is 0. The zero-order valence-electron chi connectivity index (χ0n) is 40.0. The van der Waals surface area contributed by atoms with Gasteiger partial charge in [-0.15, -0.1) is 0 Å². The van der Waals surface area contributed by atoms with Crippen molar-refractivity contribution >= 4 is 55.5 Å². The summed E-state index contributed by atoms with van der Waals surface area (Å²) in [5, 5.41) is 38.1. The van der Waals surface area contributed by atoms with E-state index in [0.29, 0.717) is 22.3 Å². The first-order valence-electron chi connectivity index (χ1n) is 24.6. The topological polar surface area (TPSA) is 70.8 Å². The van der Waals surface area contributed by atoms with Gasteiger partial charge in [-0.25, -0.2) is 0 Å². The van der Waals surface area contributed by atoms with E-state index < -0.39 is 0 Å². The Labute approximate surface area is 435 Å². The Balaban J connectivity index is 0.000000689. The molecule has 2 atom stereocenters. The van der Waals surface area contributed by atoms with Gasteiger partial charge in [-0.3, -0.25) is 9.98 Å². The normalized spacial score (nSPS) is 14.7. The van der Waals surface area contributed by atoms with Gasteiger partial charge >= 0.3 is 20.1 Å². The third-order valence-corrected chi connectivity index (χ3v) is 14.0. The van der Waals surface area contributed by atoms with E-state index in [9.17, 15) is 0 Å². The van der Waals surface area contributed by atoms with Crippen LogP contribution in [0.25, 0.3) is 87.6 Å². The molecule has 72 heavy (non-hydrogen) atoms. The van der Waals surface area contributed by atoms with Crippen molar-refractivity contribution in [2.45, 2.75) is 44.7 Å². The van der Waals surface area contributed by atoms with E-state index in [0.717, 1.165) is 102 Å². The molecule has 0 N–H and O–H groups in total. The van der Waals surface area contributed by atoms with Crippen molar-refractivity contribution in [3.8, 4) is 56.0 Å². The second kappa shape index (κ2) is 21.6. The Kier molecular flexibility index (Phi) is 14.3. The molecule has 0 aliphatic heterocycles. The average Bonchev–Trinajstić information content (AvgIpc) is 3.42. The minimum Gasteiger partial charge on any atom is -0.872 e. The fourth-order valence-electron chi connectivity index (χ4n) is 10.4. The molecule has 0 aromatic heterocycles. The number of aryl methyl sites for hydroxylation is 1. The monoisotopic (exact) mass is 1110 g/mol. The van der Waals surface area contributed by atoms with Crippen LogP contribution in [0.5, 0.6) is 11.5 Å². The summed E-state index contributed by atoms with van der Waals surface area (Å²) < 4.78 is 0. The molecule has 0 heterocycles. The van der Waals surface area contributed by atoms with E-state index in [-0.39, 0.29) is 43.7 Å². The van der Waals surface area contributed by atoms with Gasteiger partial charge in [-0.2, -0.15) is 35.9 Å². The minimum atomic E-state index is -0.144. The van der Waals surface area contributed by atoms with E-state index >= 15 is 10.2 Å². The summed E-state index contributed by atoms with van der Waals surface area (Å²) in [7, 11) is 0. The molecule has 11 aromatic rings.